The lowest BCUT2D eigenvalue weighted by Crippen LogP contribution is -2.19. The lowest BCUT2D eigenvalue weighted by Gasteiger charge is -2.02. The molecule has 0 saturated heterocycles. The molecule has 0 radical (unpaired) electrons. The van der Waals surface area contributed by atoms with Gasteiger partial charge in [-0.15, -0.1) is 0 Å². The van der Waals surface area contributed by atoms with Crippen LogP contribution in [0.2, 0.25) is 0 Å². The van der Waals surface area contributed by atoms with E-state index in [1.54, 1.807) is 0 Å². The van der Waals surface area contributed by atoms with E-state index >= 15 is 0 Å². The minimum Gasteiger partial charge on any atom is -0.197 e. The molecule has 0 aromatic rings. The Balaban J connectivity index is 4.23. The van der Waals surface area contributed by atoms with Crippen LogP contribution >= 0.6 is 0 Å². The quantitative estimate of drug-likeness (QED) is 0.499. The number of rotatable bonds is 0. The second-order valence-corrected chi connectivity index (χ2v) is 1.23. The summed E-state index contributed by atoms with van der Waals surface area (Å²) in [5.41, 5.74) is 0. The predicted octanol–water partition coefficient (Wildman–Crippen LogP) is 1.21. The maximum absolute atomic E-state index is 11.3. The summed E-state index contributed by atoms with van der Waals surface area (Å²) in [7, 11) is 0. The SMILES string of the molecule is N#CC(C#N)C(F)(F)F. The average molecular weight is 134 g/mol. The summed E-state index contributed by atoms with van der Waals surface area (Å²) >= 11 is 0. The minimum atomic E-state index is -4.70. The smallest absolute Gasteiger partial charge is 0.197 e. The number of nitriles is 2. The first-order chi connectivity index (χ1) is 4.02. The van der Waals surface area contributed by atoms with Crippen LogP contribution in [0.3, 0.4) is 0 Å². The van der Waals surface area contributed by atoms with Crippen LogP contribution in [0.4, 0.5) is 13.2 Å². The summed E-state index contributed by atoms with van der Waals surface area (Å²) < 4.78 is 33.8. The predicted molar refractivity (Wildman–Crippen MR) is 20.8 cm³/mol. The molecule has 0 unspecified atom stereocenters. The third-order valence-electron chi connectivity index (χ3n) is 0.586. The van der Waals surface area contributed by atoms with Crippen LogP contribution in [0, 0.1) is 28.6 Å². The van der Waals surface area contributed by atoms with Crippen LogP contribution in [0.25, 0.3) is 0 Å². The molecule has 0 fully saturated rings. The topological polar surface area (TPSA) is 47.6 Å². The number of alkyl halides is 3. The first-order valence-corrected chi connectivity index (χ1v) is 1.88. The molecule has 0 rings (SSSR count). The molecule has 5 heteroatoms. The summed E-state index contributed by atoms with van der Waals surface area (Å²) in [5.74, 6) is -2.49. The third-order valence-corrected chi connectivity index (χ3v) is 0.586. The second-order valence-electron chi connectivity index (χ2n) is 1.23. The molecule has 0 aromatic heterocycles. The normalized spacial score (nSPS) is 10.4. The summed E-state index contributed by atoms with van der Waals surface area (Å²) in [5, 5.41) is 15.3. The fraction of sp³-hybridized carbons (Fsp3) is 0.500. The van der Waals surface area contributed by atoms with E-state index < -0.39 is 12.1 Å². The van der Waals surface area contributed by atoms with Gasteiger partial charge in [-0.3, -0.25) is 0 Å². The fourth-order valence-corrected chi connectivity index (χ4v) is 0.175. The first kappa shape index (κ1) is 7.77. The molecular weight excluding hydrogens is 133 g/mol. The zero-order valence-electron chi connectivity index (χ0n) is 4.11. The van der Waals surface area contributed by atoms with E-state index in [2.05, 4.69) is 0 Å². The maximum atomic E-state index is 11.3. The molecule has 0 spiro atoms. The summed E-state index contributed by atoms with van der Waals surface area (Å²) in [6.45, 7) is 0. The van der Waals surface area contributed by atoms with E-state index in [0.29, 0.717) is 0 Å². The van der Waals surface area contributed by atoms with Gasteiger partial charge < -0.3 is 0 Å². The second kappa shape index (κ2) is 2.36. The van der Waals surface area contributed by atoms with Crippen LogP contribution in [0.5, 0.6) is 0 Å². The van der Waals surface area contributed by atoms with Gasteiger partial charge in [0.2, 0.25) is 5.92 Å². The first-order valence-electron chi connectivity index (χ1n) is 1.88. The van der Waals surface area contributed by atoms with Crippen molar-refractivity contribution in [3.8, 4) is 12.1 Å². The summed E-state index contributed by atoms with van der Waals surface area (Å²) in [6, 6.07) is 1.61. The molecule has 0 atom stereocenters. The van der Waals surface area contributed by atoms with E-state index in [0.717, 1.165) is 12.1 Å². The van der Waals surface area contributed by atoms with Crippen molar-refractivity contribution in [2.24, 2.45) is 5.92 Å². The summed E-state index contributed by atoms with van der Waals surface area (Å²) in [6.07, 6.45) is -4.70. The van der Waals surface area contributed by atoms with Crippen LogP contribution in [-0.2, 0) is 0 Å². The van der Waals surface area contributed by atoms with Gasteiger partial charge in [0.15, 0.2) is 0 Å². The van der Waals surface area contributed by atoms with Gasteiger partial charge in [0.1, 0.15) is 0 Å². The van der Waals surface area contributed by atoms with Gasteiger partial charge in [0.25, 0.3) is 0 Å². The molecule has 9 heavy (non-hydrogen) atoms. The minimum absolute atomic E-state index is 0.806. The highest BCUT2D eigenvalue weighted by atomic mass is 19.4. The third kappa shape index (κ3) is 2.00. The molecule has 0 bridgehead atoms. The van der Waals surface area contributed by atoms with Gasteiger partial charge in [-0.2, -0.15) is 23.7 Å². The number of hydrogen-bond donors (Lipinski definition) is 0. The monoisotopic (exact) mass is 134 g/mol. The van der Waals surface area contributed by atoms with Gasteiger partial charge in [-0.1, -0.05) is 0 Å². The van der Waals surface area contributed by atoms with Crippen molar-refractivity contribution in [1.29, 1.82) is 10.5 Å². The van der Waals surface area contributed by atoms with Crippen molar-refractivity contribution in [3.05, 3.63) is 0 Å². The zero-order valence-corrected chi connectivity index (χ0v) is 4.11. The van der Waals surface area contributed by atoms with Crippen molar-refractivity contribution in [3.63, 3.8) is 0 Å². The summed E-state index contributed by atoms with van der Waals surface area (Å²) in [4.78, 5) is 0. The molecule has 0 aliphatic heterocycles. The Morgan fingerprint density at radius 3 is 1.44 bits per heavy atom. The lowest BCUT2D eigenvalue weighted by molar-refractivity contribution is -0.144. The van der Waals surface area contributed by atoms with Gasteiger partial charge in [0, 0.05) is 0 Å². The Labute approximate surface area is 49.1 Å². The van der Waals surface area contributed by atoms with Crippen molar-refractivity contribution >= 4 is 0 Å². The standard InChI is InChI=1S/C4HF3N2/c5-4(6,7)3(1-8)2-9/h3H. The number of hydrogen-bond acceptors (Lipinski definition) is 2. The highest BCUT2D eigenvalue weighted by Crippen LogP contribution is 2.24. The van der Waals surface area contributed by atoms with Crippen molar-refractivity contribution in [2.75, 3.05) is 0 Å². The van der Waals surface area contributed by atoms with Crippen LogP contribution in [0.15, 0.2) is 0 Å². The van der Waals surface area contributed by atoms with E-state index in [4.69, 9.17) is 10.5 Å². The number of halogens is 3. The average Bonchev–Trinajstić information content (AvgIpc) is 1.65. The van der Waals surface area contributed by atoms with Crippen molar-refractivity contribution in [1.82, 2.24) is 0 Å². The van der Waals surface area contributed by atoms with Gasteiger partial charge >= 0.3 is 6.18 Å². The van der Waals surface area contributed by atoms with Gasteiger partial charge in [0.05, 0.1) is 12.1 Å². The van der Waals surface area contributed by atoms with E-state index in [9.17, 15) is 13.2 Å². The zero-order chi connectivity index (χ0) is 7.49. The molecule has 0 aromatic carbocycles. The Morgan fingerprint density at radius 1 is 1.11 bits per heavy atom. The molecule has 0 amide bonds. The van der Waals surface area contributed by atoms with Gasteiger partial charge in [-0.25, -0.2) is 0 Å². The van der Waals surface area contributed by atoms with E-state index in [-0.39, 0.29) is 0 Å². The molecule has 0 aliphatic rings. The maximum Gasteiger partial charge on any atom is 0.417 e. The molecule has 0 N–H and O–H groups in total. The highest BCUT2D eigenvalue weighted by molar-refractivity contribution is 5.03. The Bertz CT molecular complexity index is 156. The molecule has 2 nitrogen and oxygen atoms in total. The number of nitrogens with zero attached hydrogens (tertiary/aromatic N) is 2. The fourth-order valence-electron chi connectivity index (χ4n) is 0.175. The Kier molecular flexibility index (Phi) is 2.04. The molecule has 0 saturated carbocycles. The largest absolute Gasteiger partial charge is 0.417 e. The Morgan fingerprint density at radius 2 is 1.44 bits per heavy atom. The Hall–Kier alpha value is -1.23. The van der Waals surface area contributed by atoms with Crippen LogP contribution < -0.4 is 0 Å². The molecule has 0 heterocycles. The molecule has 0 aliphatic carbocycles. The lowest BCUT2D eigenvalue weighted by atomic mass is 10.2. The molecular formula is C4HF3N2. The van der Waals surface area contributed by atoms with E-state index in [1.165, 1.54) is 0 Å². The van der Waals surface area contributed by atoms with Crippen LogP contribution in [-0.4, -0.2) is 6.18 Å². The van der Waals surface area contributed by atoms with Crippen LogP contribution in [0.1, 0.15) is 0 Å². The van der Waals surface area contributed by atoms with Gasteiger partial charge in [-0.05, 0) is 0 Å². The highest BCUT2D eigenvalue weighted by Gasteiger charge is 2.40. The van der Waals surface area contributed by atoms with Crippen molar-refractivity contribution in [2.45, 2.75) is 6.18 Å². The van der Waals surface area contributed by atoms with E-state index in [1.807, 2.05) is 0 Å². The van der Waals surface area contributed by atoms with Crippen molar-refractivity contribution < 1.29 is 13.2 Å². The molecule has 48 valence electrons.